The van der Waals surface area contributed by atoms with Crippen molar-refractivity contribution in [2.24, 2.45) is 0 Å². The average molecular weight is 519 g/mol. The van der Waals surface area contributed by atoms with Gasteiger partial charge in [-0.1, -0.05) is 96.7 Å². The van der Waals surface area contributed by atoms with Crippen LogP contribution in [-0.2, 0) is 12.8 Å². The highest BCUT2D eigenvalue weighted by atomic mass is 32.2. The number of rotatable bonds is 6. The molecule has 1 heterocycles. The summed E-state index contributed by atoms with van der Waals surface area (Å²) < 4.78 is 29.7. The molecule has 2 nitrogen and oxygen atoms in total. The highest BCUT2D eigenvalue weighted by Crippen LogP contribution is 2.41. The van der Waals surface area contributed by atoms with Crippen molar-refractivity contribution < 1.29 is 8.78 Å². The Hall–Kier alpha value is -4.09. The summed E-state index contributed by atoms with van der Waals surface area (Å²) in [5.41, 5.74) is 5.35. The van der Waals surface area contributed by atoms with Crippen LogP contribution in [0.15, 0.2) is 108 Å². The molecule has 0 radical (unpaired) electrons. The molecule has 0 amide bonds. The highest BCUT2D eigenvalue weighted by molar-refractivity contribution is 7.98. The van der Waals surface area contributed by atoms with E-state index in [4.69, 9.17) is 9.97 Å². The third-order valence-corrected chi connectivity index (χ3v) is 7.45. The third-order valence-electron chi connectivity index (χ3n) is 6.91. The molecule has 0 spiro atoms. The van der Waals surface area contributed by atoms with E-state index in [1.807, 2.05) is 66.9 Å². The summed E-state index contributed by atoms with van der Waals surface area (Å²) in [5.74, 6) is -0.549. The summed E-state index contributed by atoms with van der Waals surface area (Å²) in [5, 5.41) is 3.30. The fraction of sp³-hybridized carbons (Fsp3) is 0.0909. The van der Waals surface area contributed by atoms with Gasteiger partial charge in [0.25, 0.3) is 0 Å². The molecule has 186 valence electrons. The van der Waals surface area contributed by atoms with Gasteiger partial charge in [-0.25, -0.2) is 18.7 Å². The normalized spacial score (nSPS) is 11.3. The second-order valence-corrected chi connectivity index (χ2v) is 9.92. The van der Waals surface area contributed by atoms with E-state index in [2.05, 4.69) is 12.1 Å². The van der Waals surface area contributed by atoms with Gasteiger partial charge in [0.1, 0.15) is 11.6 Å². The van der Waals surface area contributed by atoms with Crippen molar-refractivity contribution in [3.63, 3.8) is 0 Å². The minimum atomic E-state index is -0.276. The van der Waals surface area contributed by atoms with Crippen molar-refractivity contribution in [1.82, 2.24) is 9.97 Å². The molecule has 5 aromatic carbocycles. The molecule has 0 aliphatic carbocycles. The van der Waals surface area contributed by atoms with Crippen LogP contribution in [-0.4, -0.2) is 16.2 Å². The Morgan fingerprint density at radius 3 is 1.76 bits per heavy atom. The summed E-state index contributed by atoms with van der Waals surface area (Å²) >= 11 is 1.48. The zero-order chi connectivity index (χ0) is 26.1. The first-order valence-electron chi connectivity index (χ1n) is 12.5. The van der Waals surface area contributed by atoms with E-state index in [0.717, 1.165) is 45.3 Å². The van der Waals surface area contributed by atoms with Gasteiger partial charge in [0.05, 0.1) is 11.4 Å². The van der Waals surface area contributed by atoms with E-state index in [9.17, 15) is 8.78 Å². The maximum atomic E-state index is 14.9. The van der Waals surface area contributed by atoms with Crippen LogP contribution in [0.5, 0.6) is 0 Å². The highest BCUT2D eigenvalue weighted by Gasteiger charge is 2.22. The van der Waals surface area contributed by atoms with E-state index >= 15 is 0 Å². The smallest absolute Gasteiger partial charge is 0.188 e. The number of hydrogen-bond donors (Lipinski definition) is 0. The Kier molecular flexibility index (Phi) is 6.61. The largest absolute Gasteiger partial charge is 0.227 e. The second-order valence-electron chi connectivity index (χ2n) is 9.15. The number of hydrogen-bond acceptors (Lipinski definition) is 3. The van der Waals surface area contributed by atoms with E-state index in [0.29, 0.717) is 22.3 Å². The minimum absolute atomic E-state index is 0.273. The van der Waals surface area contributed by atoms with Crippen LogP contribution in [0.25, 0.3) is 43.9 Å². The standard InChI is InChI=1S/C33H24F2N2S/c1-38-33-36-30(20-15-21-9-3-2-4-10-21)31(26-16-18-28(34)24-13-7-5-11-22(24)26)32(37-33)27-17-19-29(35)25-14-8-6-12-23(25)27/h2-14,16-19H,15,20H2,1H3. The van der Waals surface area contributed by atoms with Gasteiger partial charge in [-0.05, 0) is 59.2 Å². The molecule has 0 saturated heterocycles. The summed E-state index contributed by atoms with van der Waals surface area (Å²) in [7, 11) is 0. The Bertz CT molecular complexity index is 1780. The van der Waals surface area contributed by atoms with Crippen molar-refractivity contribution in [2.75, 3.05) is 6.26 Å². The van der Waals surface area contributed by atoms with Crippen LogP contribution in [0.1, 0.15) is 11.3 Å². The number of benzene rings is 5. The summed E-state index contributed by atoms with van der Waals surface area (Å²) in [6.45, 7) is 0. The Morgan fingerprint density at radius 1 is 0.579 bits per heavy atom. The maximum absolute atomic E-state index is 14.9. The summed E-state index contributed by atoms with van der Waals surface area (Å²) in [6, 6.07) is 31.8. The van der Waals surface area contributed by atoms with Gasteiger partial charge in [0, 0.05) is 21.9 Å². The molecule has 0 bridgehead atoms. The van der Waals surface area contributed by atoms with Crippen molar-refractivity contribution in [2.45, 2.75) is 18.0 Å². The molecule has 5 heteroatoms. The SMILES string of the molecule is CSc1nc(CCc2ccccc2)c(-c2ccc(F)c3ccccc23)c(-c2ccc(F)c3ccccc23)n1. The zero-order valence-electron chi connectivity index (χ0n) is 20.8. The molecule has 0 unspecified atom stereocenters. The van der Waals surface area contributed by atoms with Gasteiger partial charge in [-0.2, -0.15) is 0 Å². The molecule has 0 aliphatic rings. The molecule has 6 aromatic rings. The Labute approximate surface area is 224 Å². The molecule has 0 fully saturated rings. The first kappa shape index (κ1) is 24.3. The summed E-state index contributed by atoms with van der Waals surface area (Å²) in [4.78, 5) is 9.98. The van der Waals surface area contributed by atoms with Crippen LogP contribution in [0, 0.1) is 11.6 Å². The van der Waals surface area contributed by atoms with Crippen LogP contribution in [0.4, 0.5) is 8.78 Å². The third kappa shape index (κ3) is 4.44. The topological polar surface area (TPSA) is 25.8 Å². The lowest BCUT2D eigenvalue weighted by Gasteiger charge is -2.19. The summed E-state index contributed by atoms with van der Waals surface area (Å²) in [6.07, 6.45) is 3.42. The second kappa shape index (κ2) is 10.3. The van der Waals surface area contributed by atoms with Crippen LogP contribution >= 0.6 is 11.8 Å². The average Bonchev–Trinajstić information content (AvgIpc) is 2.97. The lowest BCUT2D eigenvalue weighted by molar-refractivity contribution is 0.639. The Balaban J connectivity index is 1.67. The molecule has 6 rings (SSSR count). The van der Waals surface area contributed by atoms with Gasteiger partial charge in [-0.15, -0.1) is 0 Å². The van der Waals surface area contributed by atoms with Crippen molar-refractivity contribution in [3.8, 4) is 22.4 Å². The number of fused-ring (bicyclic) bond motifs is 2. The quantitative estimate of drug-likeness (QED) is 0.163. The van der Waals surface area contributed by atoms with Gasteiger partial charge >= 0.3 is 0 Å². The predicted molar refractivity (Wildman–Crippen MR) is 153 cm³/mol. The molecule has 0 aliphatic heterocycles. The monoisotopic (exact) mass is 518 g/mol. The van der Waals surface area contributed by atoms with Crippen LogP contribution in [0.2, 0.25) is 0 Å². The number of aromatic nitrogens is 2. The number of nitrogens with zero attached hydrogens (tertiary/aromatic N) is 2. The molecule has 0 saturated carbocycles. The van der Waals surface area contributed by atoms with Crippen LogP contribution in [0.3, 0.4) is 0 Å². The van der Waals surface area contributed by atoms with E-state index < -0.39 is 0 Å². The van der Waals surface area contributed by atoms with Crippen molar-refractivity contribution in [3.05, 3.63) is 126 Å². The lowest BCUT2D eigenvalue weighted by atomic mass is 9.90. The fourth-order valence-electron chi connectivity index (χ4n) is 5.09. The van der Waals surface area contributed by atoms with Crippen LogP contribution < -0.4 is 0 Å². The lowest BCUT2D eigenvalue weighted by Crippen LogP contribution is -2.05. The fourth-order valence-corrected chi connectivity index (χ4v) is 5.48. The van der Waals surface area contributed by atoms with Crippen molar-refractivity contribution >= 4 is 33.3 Å². The maximum Gasteiger partial charge on any atom is 0.188 e. The molecule has 38 heavy (non-hydrogen) atoms. The van der Waals surface area contributed by atoms with E-state index in [-0.39, 0.29) is 11.6 Å². The minimum Gasteiger partial charge on any atom is -0.227 e. The number of thioether (sulfide) groups is 1. The molecule has 0 N–H and O–H groups in total. The number of halogens is 2. The predicted octanol–water partition coefficient (Wildman–Crippen LogP) is 8.90. The Morgan fingerprint density at radius 2 is 1.13 bits per heavy atom. The van der Waals surface area contributed by atoms with E-state index in [1.165, 1.54) is 29.5 Å². The molecule has 1 aromatic heterocycles. The molecular weight excluding hydrogens is 494 g/mol. The van der Waals surface area contributed by atoms with Gasteiger partial charge in [0.2, 0.25) is 0 Å². The van der Waals surface area contributed by atoms with E-state index in [1.54, 1.807) is 18.2 Å². The zero-order valence-corrected chi connectivity index (χ0v) is 21.6. The van der Waals surface area contributed by atoms with Crippen molar-refractivity contribution in [1.29, 1.82) is 0 Å². The van der Waals surface area contributed by atoms with Gasteiger partial charge in [-0.3, -0.25) is 0 Å². The molecule has 0 atom stereocenters. The first-order chi connectivity index (χ1) is 18.6. The van der Waals surface area contributed by atoms with Gasteiger partial charge in [0.15, 0.2) is 5.16 Å². The first-order valence-corrected chi connectivity index (χ1v) is 13.7. The number of aryl methyl sites for hydroxylation is 2. The van der Waals surface area contributed by atoms with Gasteiger partial charge < -0.3 is 0 Å². The molecular formula is C33H24F2N2S.